The molecular weight excluding hydrogens is 296 g/mol. The van der Waals surface area contributed by atoms with Crippen molar-refractivity contribution in [3.05, 3.63) is 95.1 Å². The Bertz CT molecular complexity index is 783. The quantitative estimate of drug-likeness (QED) is 0.416. The van der Waals surface area contributed by atoms with Crippen molar-refractivity contribution in [1.82, 2.24) is 0 Å². The lowest BCUT2D eigenvalue weighted by atomic mass is 9.99. The maximum absolute atomic E-state index is 11.6. The van der Waals surface area contributed by atoms with E-state index in [-0.39, 0.29) is 11.6 Å². The molecule has 0 aliphatic rings. The molecule has 2 aromatic carbocycles. The summed E-state index contributed by atoms with van der Waals surface area (Å²) in [7, 11) is 0. The van der Waals surface area contributed by atoms with Crippen LogP contribution in [-0.2, 0) is 0 Å². The average Bonchev–Trinajstić information content (AvgIpc) is 2.60. The van der Waals surface area contributed by atoms with Gasteiger partial charge in [-0.05, 0) is 60.4 Å². The predicted octanol–water partition coefficient (Wildman–Crippen LogP) is 5.21. The predicted molar refractivity (Wildman–Crippen MR) is 100 cm³/mol. The molecule has 0 heterocycles. The molecule has 0 aliphatic carbocycles. The molecule has 2 rings (SSSR count). The van der Waals surface area contributed by atoms with E-state index in [4.69, 9.17) is 0 Å². The summed E-state index contributed by atoms with van der Waals surface area (Å²) in [5.74, 6) is -0.154. The second-order valence-corrected chi connectivity index (χ2v) is 5.61. The van der Waals surface area contributed by atoms with E-state index in [1.165, 1.54) is 12.2 Å². The van der Waals surface area contributed by atoms with Crippen molar-refractivity contribution < 1.29 is 9.59 Å². The topological polar surface area (TPSA) is 34.1 Å². The molecule has 24 heavy (non-hydrogen) atoms. The van der Waals surface area contributed by atoms with Crippen LogP contribution in [0.3, 0.4) is 0 Å². The van der Waals surface area contributed by atoms with Crippen LogP contribution in [0.5, 0.6) is 0 Å². The molecule has 0 aromatic heterocycles. The van der Waals surface area contributed by atoms with Gasteiger partial charge >= 0.3 is 0 Å². The van der Waals surface area contributed by atoms with Gasteiger partial charge in [-0.3, -0.25) is 9.59 Å². The van der Waals surface area contributed by atoms with Gasteiger partial charge in [0, 0.05) is 11.1 Å². The van der Waals surface area contributed by atoms with E-state index < -0.39 is 0 Å². The molecular formula is C22H20O2. The van der Waals surface area contributed by atoms with Crippen molar-refractivity contribution in [2.24, 2.45) is 0 Å². The Morgan fingerprint density at radius 3 is 1.42 bits per heavy atom. The van der Waals surface area contributed by atoms with E-state index >= 15 is 0 Å². The van der Waals surface area contributed by atoms with Crippen LogP contribution in [0.1, 0.15) is 43.0 Å². The van der Waals surface area contributed by atoms with Crippen LogP contribution in [0, 0.1) is 13.8 Å². The lowest BCUT2D eigenvalue weighted by Crippen LogP contribution is -1.95. The maximum Gasteiger partial charge on any atom is 0.185 e. The zero-order valence-electron chi connectivity index (χ0n) is 14.0. The molecule has 0 unspecified atom stereocenters. The van der Waals surface area contributed by atoms with Crippen molar-refractivity contribution in [2.75, 3.05) is 0 Å². The number of rotatable bonds is 6. The molecule has 0 amide bonds. The molecule has 0 fully saturated rings. The highest BCUT2D eigenvalue weighted by molar-refractivity contribution is 6.05. The first-order valence-electron chi connectivity index (χ1n) is 7.69. The second kappa shape index (κ2) is 7.51. The zero-order chi connectivity index (χ0) is 17.7. The third-order valence-corrected chi connectivity index (χ3v) is 3.92. The van der Waals surface area contributed by atoms with Crippen LogP contribution in [0.25, 0.3) is 12.2 Å². The highest BCUT2D eigenvalue weighted by atomic mass is 16.1. The number of carbonyl (C=O) groups excluding carboxylic acids is 2. The third kappa shape index (κ3) is 3.85. The van der Waals surface area contributed by atoms with Crippen molar-refractivity contribution in [1.29, 1.82) is 0 Å². The first kappa shape index (κ1) is 17.4. The number of aryl methyl sites for hydroxylation is 2. The monoisotopic (exact) mass is 316 g/mol. The highest BCUT2D eigenvalue weighted by Crippen LogP contribution is 2.18. The van der Waals surface area contributed by atoms with Crippen LogP contribution in [-0.4, -0.2) is 11.6 Å². The molecule has 2 nitrogen and oxygen atoms in total. The van der Waals surface area contributed by atoms with Gasteiger partial charge in [-0.25, -0.2) is 0 Å². The van der Waals surface area contributed by atoms with Crippen LogP contribution < -0.4 is 0 Å². The summed E-state index contributed by atoms with van der Waals surface area (Å²) in [4.78, 5) is 23.3. The Kier molecular flexibility index (Phi) is 5.43. The summed E-state index contributed by atoms with van der Waals surface area (Å²) in [5.41, 5.74) is 5.42. The summed E-state index contributed by atoms with van der Waals surface area (Å²) in [6.45, 7) is 11.0. The molecule has 120 valence electrons. The normalized spacial score (nSPS) is 10.6. The average molecular weight is 316 g/mol. The lowest BCUT2D eigenvalue weighted by Gasteiger charge is -2.05. The minimum absolute atomic E-state index is 0.0769. The largest absolute Gasteiger partial charge is 0.289 e. The Hall–Kier alpha value is -3.00. The number of ketones is 2. The van der Waals surface area contributed by atoms with Crippen molar-refractivity contribution in [3.8, 4) is 0 Å². The fourth-order valence-corrected chi connectivity index (χ4v) is 2.45. The fourth-order valence-electron chi connectivity index (χ4n) is 2.45. The summed E-state index contributed by atoms with van der Waals surface area (Å²) in [6, 6.07) is 11.2. The van der Waals surface area contributed by atoms with Gasteiger partial charge < -0.3 is 0 Å². The van der Waals surface area contributed by atoms with Crippen LogP contribution in [0.15, 0.2) is 61.7 Å². The molecule has 0 saturated heterocycles. The number of hydrogen-bond donors (Lipinski definition) is 0. The molecule has 0 aliphatic heterocycles. The Morgan fingerprint density at radius 2 is 1.12 bits per heavy atom. The summed E-state index contributed by atoms with van der Waals surface area (Å²) >= 11 is 0. The van der Waals surface area contributed by atoms with Crippen molar-refractivity contribution in [2.45, 2.75) is 13.8 Å². The molecule has 2 aromatic rings. The minimum Gasteiger partial charge on any atom is -0.289 e. The van der Waals surface area contributed by atoms with Gasteiger partial charge in [0.2, 0.25) is 0 Å². The molecule has 2 heteroatoms. The SMILES string of the molecule is C=CC(=O)c1ccc(/C=C/c2ccc(C(=O)C=C)cc2C)c(C)c1. The van der Waals surface area contributed by atoms with Gasteiger partial charge in [-0.1, -0.05) is 49.6 Å². The number of carbonyl (C=O) groups is 2. The lowest BCUT2D eigenvalue weighted by molar-refractivity contribution is 0.103. The van der Waals surface area contributed by atoms with Crippen molar-refractivity contribution in [3.63, 3.8) is 0 Å². The van der Waals surface area contributed by atoms with E-state index in [0.717, 1.165) is 22.3 Å². The Balaban J connectivity index is 2.28. The summed E-state index contributed by atoms with van der Waals surface area (Å²) < 4.78 is 0. The Labute approximate surface area is 142 Å². The van der Waals surface area contributed by atoms with Crippen molar-refractivity contribution >= 4 is 23.7 Å². The van der Waals surface area contributed by atoms with Gasteiger partial charge in [0.25, 0.3) is 0 Å². The molecule has 0 atom stereocenters. The van der Waals surface area contributed by atoms with Crippen LogP contribution >= 0.6 is 0 Å². The van der Waals surface area contributed by atoms with E-state index in [1.807, 2.05) is 50.3 Å². The molecule has 0 saturated carbocycles. The molecule has 0 N–H and O–H groups in total. The third-order valence-electron chi connectivity index (χ3n) is 3.92. The number of hydrogen-bond acceptors (Lipinski definition) is 2. The fraction of sp³-hybridized carbons (Fsp3) is 0.0909. The first-order chi connectivity index (χ1) is 11.5. The molecule has 0 spiro atoms. The van der Waals surface area contributed by atoms with E-state index in [1.54, 1.807) is 12.1 Å². The van der Waals surface area contributed by atoms with Gasteiger partial charge in [0.05, 0.1) is 0 Å². The Morgan fingerprint density at radius 1 is 0.750 bits per heavy atom. The number of benzene rings is 2. The van der Waals surface area contributed by atoms with Gasteiger partial charge in [-0.15, -0.1) is 0 Å². The van der Waals surface area contributed by atoms with E-state index in [9.17, 15) is 9.59 Å². The van der Waals surface area contributed by atoms with Crippen LogP contribution in [0.4, 0.5) is 0 Å². The van der Waals surface area contributed by atoms with E-state index in [0.29, 0.717) is 11.1 Å². The summed E-state index contributed by atoms with van der Waals surface area (Å²) in [6.07, 6.45) is 6.66. The van der Waals surface area contributed by atoms with E-state index in [2.05, 4.69) is 13.2 Å². The zero-order valence-corrected chi connectivity index (χ0v) is 14.0. The molecule has 0 radical (unpaired) electrons. The van der Waals surface area contributed by atoms with Crippen LogP contribution in [0.2, 0.25) is 0 Å². The van der Waals surface area contributed by atoms with Gasteiger partial charge in [0.15, 0.2) is 11.6 Å². The number of allylic oxidation sites excluding steroid dienone is 2. The molecule has 0 bridgehead atoms. The maximum atomic E-state index is 11.6. The smallest absolute Gasteiger partial charge is 0.185 e. The second-order valence-electron chi connectivity index (χ2n) is 5.61. The summed E-state index contributed by atoms with van der Waals surface area (Å²) in [5, 5.41) is 0. The minimum atomic E-state index is -0.0769. The van der Waals surface area contributed by atoms with Gasteiger partial charge in [0.1, 0.15) is 0 Å². The highest BCUT2D eigenvalue weighted by Gasteiger charge is 2.05. The first-order valence-corrected chi connectivity index (χ1v) is 7.69. The standard InChI is InChI=1S/C22H20O2/c1-5-21(23)19-11-9-17(15(3)13-19)7-8-18-10-12-20(14-16(18)4)22(24)6-2/h5-14H,1-2H2,3-4H3/b8-7+. The van der Waals surface area contributed by atoms with Gasteiger partial charge in [-0.2, -0.15) is 0 Å².